The first-order valence-electron chi connectivity index (χ1n) is 9.62. The molecule has 0 heterocycles. The zero-order valence-electron chi connectivity index (χ0n) is 16.9. The van der Waals surface area contributed by atoms with Gasteiger partial charge < -0.3 is 5.32 Å². The second-order valence-electron chi connectivity index (χ2n) is 6.98. The third-order valence-corrected chi connectivity index (χ3v) is 6.96. The number of nitrogens with zero attached hydrogens (tertiary/aromatic N) is 1. The molecule has 0 bridgehead atoms. The molecule has 0 unspecified atom stereocenters. The average molecular weight is 477 g/mol. The van der Waals surface area contributed by atoms with E-state index in [-0.39, 0.29) is 11.4 Å². The third-order valence-electron chi connectivity index (χ3n) is 4.70. The van der Waals surface area contributed by atoms with Crippen molar-refractivity contribution in [1.82, 2.24) is 5.32 Å². The van der Waals surface area contributed by atoms with E-state index in [1.54, 1.807) is 55.5 Å². The summed E-state index contributed by atoms with van der Waals surface area (Å²) in [4.78, 5) is 12.8. The number of rotatable bonds is 8. The van der Waals surface area contributed by atoms with Crippen molar-refractivity contribution in [2.75, 3.05) is 17.4 Å². The molecule has 1 N–H and O–H groups in total. The third kappa shape index (κ3) is 6.00. The molecule has 0 aliphatic rings. The quantitative estimate of drug-likeness (QED) is 0.504. The van der Waals surface area contributed by atoms with Crippen LogP contribution in [0.4, 0.5) is 5.69 Å². The van der Waals surface area contributed by atoms with Crippen LogP contribution >= 0.6 is 23.2 Å². The van der Waals surface area contributed by atoms with Crippen molar-refractivity contribution in [3.05, 3.63) is 94.0 Å². The second kappa shape index (κ2) is 10.2. The number of hydrogen-bond acceptors (Lipinski definition) is 3. The lowest BCUT2D eigenvalue weighted by molar-refractivity contribution is -0.119. The first kappa shape index (κ1) is 23.1. The van der Waals surface area contributed by atoms with Crippen molar-refractivity contribution < 1.29 is 13.2 Å². The van der Waals surface area contributed by atoms with Crippen LogP contribution in [0, 0.1) is 6.92 Å². The number of sulfonamides is 1. The van der Waals surface area contributed by atoms with Gasteiger partial charge in [0.1, 0.15) is 6.54 Å². The fourth-order valence-corrected chi connectivity index (χ4v) is 4.96. The molecule has 0 spiro atoms. The van der Waals surface area contributed by atoms with Gasteiger partial charge in [0.05, 0.1) is 10.6 Å². The van der Waals surface area contributed by atoms with E-state index >= 15 is 0 Å². The van der Waals surface area contributed by atoms with Crippen molar-refractivity contribution in [1.29, 1.82) is 0 Å². The van der Waals surface area contributed by atoms with Crippen molar-refractivity contribution in [3.63, 3.8) is 0 Å². The van der Waals surface area contributed by atoms with Crippen LogP contribution < -0.4 is 9.62 Å². The maximum absolute atomic E-state index is 13.3. The van der Waals surface area contributed by atoms with Crippen LogP contribution in [0.5, 0.6) is 0 Å². The highest BCUT2D eigenvalue weighted by Gasteiger charge is 2.28. The molecule has 0 fully saturated rings. The fourth-order valence-electron chi connectivity index (χ4n) is 3.10. The molecule has 3 rings (SSSR count). The Morgan fingerprint density at radius 3 is 2.23 bits per heavy atom. The van der Waals surface area contributed by atoms with E-state index in [0.29, 0.717) is 34.3 Å². The predicted octanol–water partition coefficient (Wildman–Crippen LogP) is 4.86. The van der Waals surface area contributed by atoms with Gasteiger partial charge in [0.25, 0.3) is 10.0 Å². The highest BCUT2D eigenvalue weighted by Crippen LogP contribution is 2.28. The summed E-state index contributed by atoms with van der Waals surface area (Å²) in [6.07, 6.45) is 0.605. The smallest absolute Gasteiger partial charge is 0.264 e. The topological polar surface area (TPSA) is 66.5 Å². The fraction of sp³-hybridized carbons (Fsp3) is 0.174. The van der Waals surface area contributed by atoms with Gasteiger partial charge in [-0.1, -0.05) is 53.5 Å². The van der Waals surface area contributed by atoms with E-state index in [1.165, 1.54) is 12.1 Å². The maximum Gasteiger partial charge on any atom is 0.264 e. The van der Waals surface area contributed by atoms with Gasteiger partial charge in [0.15, 0.2) is 0 Å². The normalized spacial score (nSPS) is 11.2. The van der Waals surface area contributed by atoms with E-state index in [9.17, 15) is 13.2 Å². The van der Waals surface area contributed by atoms with Crippen LogP contribution in [0.3, 0.4) is 0 Å². The van der Waals surface area contributed by atoms with Crippen LogP contribution in [0.25, 0.3) is 0 Å². The van der Waals surface area contributed by atoms with Gasteiger partial charge in [-0.25, -0.2) is 8.42 Å². The van der Waals surface area contributed by atoms with Crippen LogP contribution in [-0.4, -0.2) is 27.4 Å². The number of aryl methyl sites for hydroxylation is 1. The molecule has 0 saturated carbocycles. The summed E-state index contributed by atoms with van der Waals surface area (Å²) in [6, 6.07) is 20.3. The molecule has 31 heavy (non-hydrogen) atoms. The Morgan fingerprint density at radius 1 is 0.935 bits per heavy atom. The molecule has 1 amide bonds. The standard InChI is InChI=1S/C23H22Cl2N2O3S/c1-17-15-20(25)11-12-22(17)27(31(29,30)21-5-3-2-4-6-21)16-23(28)26-14-13-18-7-9-19(24)10-8-18/h2-12,15H,13-14,16H2,1H3,(H,26,28). The predicted molar refractivity (Wildman–Crippen MR) is 125 cm³/mol. The molecule has 0 aromatic heterocycles. The summed E-state index contributed by atoms with van der Waals surface area (Å²) in [5.41, 5.74) is 2.08. The molecule has 5 nitrogen and oxygen atoms in total. The summed E-state index contributed by atoms with van der Waals surface area (Å²) in [7, 11) is -3.95. The van der Waals surface area contributed by atoms with Gasteiger partial charge >= 0.3 is 0 Å². The molecule has 0 saturated heterocycles. The largest absolute Gasteiger partial charge is 0.354 e. The average Bonchev–Trinajstić information content (AvgIpc) is 2.74. The highest BCUT2D eigenvalue weighted by molar-refractivity contribution is 7.92. The lowest BCUT2D eigenvalue weighted by Crippen LogP contribution is -2.41. The Hall–Kier alpha value is -2.54. The van der Waals surface area contributed by atoms with E-state index in [1.807, 2.05) is 12.1 Å². The van der Waals surface area contributed by atoms with Crippen LogP contribution in [0.2, 0.25) is 10.0 Å². The number of carbonyl (C=O) groups is 1. The SMILES string of the molecule is Cc1cc(Cl)ccc1N(CC(=O)NCCc1ccc(Cl)cc1)S(=O)(=O)c1ccccc1. The zero-order chi connectivity index (χ0) is 22.4. The zero-order valence-corrected chi connectivity index (χ0v) is 19.2. The second-order valence-corrected chi connectivity index (χ2v) is 9.72. The van der Waals surface area contributed by atoms with Gasteiger partial charge in [0.2, 0.25) is 5.91 Å². The molecule has 8 heteroatoms. The summed E-state index contributed by atoms with van der Waals surface area (Å²) in [5, 5.41) is 3.93. The van der Waals surface area contributed by atoms with Crippen molar-refractivity contribution in [3.8, 4) is 0 Å². The van der Waals surface area contributed by atoms with Gasteiger partial charge in [-0.05, 0) is 66.9 Å². The Kier molecular flexibility index (Phi) is 7.59. The van der Waals surface area contributed by atoms with Gasteiger partial charge in [-0.2, -0.15) is 0 Å². The van der Waals surface area contributed by atoms with E-state index in [4.69, 9.17) is 23.2 Å². The van der Waals surface area contributed by atoms with E-state index in [2.05, 4.69) is 5.32 Å². The summed E-state index contributed by atoms with van der Waals surface area (Å²) < 4.78 is 27.8. The molecule has 3 aromatic rings. The monoisotopic (exact) mass is 476 g/mol. The Morgan fingerprint density at radius 2 is 1.58 bits per heavy atom. The van der Waals surface area contributed by atoms with Crippen molar-refractivity contribution in [2.24, 2.45) is 0 Å². The molecular formula is C23H22Cl2N2O3S. The van der Waals surface area contributed by atoms with Crippen LogP contribution in [0.1, 0.15) is 11.1 Å². The minimum Gasteiger partial charge on any atom is -0.354 e. The molecule has 0 aliphatic carbocycles. The first-order valence-corrected chi connectivity index (χ1v) is 11.8. The van der Waals surface area contributed by atoms with E-state index in [0.717, 1.165) is 9.87 Å². The Bertz CT molecular complexity index is 1150. The Balaban J connectivity index is 1.79. The summed E-state index contributed by atoms with van der Waals surface area (Å²) >= 11 is 11.9. The minimum atomic E-state index is -3.95. The molecule has 162 valence electrons. The lowest BCUT2D eigenvalue weighted by atomic mass is 10.1. The van der Waals surface area contributed by atoms with Crippen LogP contribution in [-0.2, 0) is 21.2 Å². The molecule has 0 atom stereocenters. The number of hydrogen-bond donors (Lipinski definition) is 1. The number of benzene rings is 3. The van der Waals surface area contributed by atoms with Gasteiger partial charge in [0, 0.05) is 16.6 Å². The van der Waals surface area contributed by atoms with Crippen molar-refractivity contribution in [2.45, 2.75) is 18.2 Å². The number of carbonyl (C=O) groups excluding carboxylic acids is 1. The Labute approximate surface area is 192 Å². The summed E-state index contributed by atoms with van der Waals surface area (Å²) in [6.45, 7) is 1.78. The molecular weight excluding hydrogens is 455 g/mol. The highest BCUT2D eigenvalue weighted by atomic mass is 35.5. The molecule has 0 aliphatic heterocycles. The number of amides is 1. The number of halogens is 2. The van der Waals surface area contributed by atoms with Gasteiger partial charge in [-0.15, -0.1) is 0 Å². The minimum absolute atomic E-state index is 0.110. The van der Waals surface area contributed by atoms with Crippen LogP contribution in [0.15, 0.2) is 77.7 Å². The lowest BCUT2D eigenvalue weighted by Gasteiger charge is -2.25. The molecule has 0 radical (unpaired) electrons. The number of nitrogens with one attached hydrogen (secondary N) is 1. The van der Waals surface area contributed by atoms with E-state index < -0.39 is 15.9 Å². The van der Waals surface area contributed by atoms with Gasteiger partial charge in [-0.3, -0.25) is 9.10 Å². The van der Waals surface area contributed by atoms with Crippen molar-refractivity contribution >= 4 is 44.8 Å². The molecule has 3 aromatic carbocycles. The maximum atomic E-state index is 13.3. The first-order chi connectivity index (χ1) is 14.8. The number of anilines is 1. The summed E-state index contributed by atoms with van der Waals surface area (Å²) in [5.74, 6) is -0.400.